The maximum absolute atomic E-state index is 6.73. The number of halogens is 1. The Labute approximate surface area is 211 Å². The van der Waals surface area contributed by atoms with Crippen LogP contribution in [0.5, 0.6) is 5.75 Å². The van der Waals surface area contributed by atoms with Crippen molar-refractivity contribution in [3.8, 4) is 28.0 Å². The van der Waals surface area contributed by atoms with Crippen molar-refractivity contribution in [1.82, 2.24) is 0 Å². The summed E-state index contributed by atoms with van der Waals surface area (Å²) in [7, 11) is 0. The van der Waals surface area contributed by atoms with Gasteiger partial charge in [-0.3, -0.25) is 0 Å². The Morgan fingerprint density at radius 2 is 1.31 bits per heavy atom. The van der Waals surface area contributed by atoms with Gasteiger partial charge in [-0.05, 0) is 71.6 Å². The van der Waals surface area contributed by atoms with Crippen LogP contribution in [-0.4, -0.2) is 0 Å². The van der Waals surface area contributed by atoms with Crippen LogP contribution in [0.3, 0.4) is 0 Å². The van der Waals surface area contributed by atoms with Crippen molar-refractivity contribution in [2.75, 3.05) is 0 Å². The second-order valence-electron chi connectivity index (χ2n) is 9.21. The quantitative estimate of drug-likeness (QED) is 0.228. The van der Waals surface area contributed by atoms with Gasteiger partial charge < -0.3 is 9.15 Å². The molecule has 0 spiro atoms. The molecule has 1 aliphatic rings. The van der Waals surface area contributed by atoms with Crippen LogP contribution in [0.25, 0.3) is 44.2 Å². The van der Waals surface area contributed by atoms with Gasteiger partial charge in [0.2, 0.25) is 0 Å². The molecule has 7 rings (SSSR count). The van der Waals surface area contributed by atoms with Crippen molar-refractivity contribution in [2.24, 2.45) is 0 Å². The molecule has 0 radical (unpaired) electrons. The van der Waals surface area contributed by atoms with Crippen LogP contribution in [0.2, 0.25) is 0 Å². The third-order valence-electron chi connectivity index (χ3n) is 7.11. The van der Waals surface area contributed by atoms with Gasteiger partial charge in [-0.1, -0.05) is 82.7 Å². The predicted octanol–water partition coefficient (Wildman–Crippen LogP) is 9.34. The number of fused-ring (bicyclic) bond motifs is 6. The average molecular weight is 517 g/mol. The lowest BCUT2D eigenvalue weighted by atomic mass is 9.79. The van der Waals surface area contributed by atoms with Crippen molar-refractivity contribution in [3.05, 3.63) is 125 Å². The van der Waals surface area contributed by atoms with E-state index in [0.29, 0.717) is 0 Å². The molecule has 3 heteroatoms. The van der Waals surface area contributed by atoms with Gasteiger partial charge in [0.25, 0.3) is 0 Å². The number of ether oxygens (including phenoxy) is 1. The largest absolute Gasteiger partial charge is 0.477 e. The molecule has 1 unspecified atom stereocenters. The first kappa shape index (κ1) is 20.5. The Hall–Kier alpha value is -3.82. The van der Waals surface area contributed by atoms with Crippen LogP contribution >= 0.6 is 15.9 Å². The van der Waals surface area contributed by atoms with Gasteiger partial charge in [-0.15, -0.1) is 0 Å². The van der Waals surface area contributed by atoms with E-state index >= 15 is 0 Å². The van der Waals surface area contributed by atoms with Crippen LogP contribution in [-0.2, 0) is 5.60 Å². The molecule has 2 heterocycles. The minimum absolute atomic E-state index is 0.599. The fourth-order valence-corrected chi connectivity index (χ4v) is 5.67. The van der Waals surface area contributed by atoms with Gasteiger partial charge in [0.1, 0.15) is 16.9 Å². The summed E-state index contributed by atoms with van der Waals surface area (Å²) < 4.78 is 13.9. The van der Waals surface area contributed by atoms with E-state index in [4.69, 9.17) is 9.15 Å². The van der Waals surface area contributed by atoms with E-state index < -0.39 is 5.60 Å². The second-order valence-corrected chi connectivity index (χ2v) is 10.1. The molecule has 6 aromatic rings. The molecule has 0 N–H and O–H groups in total. The molecule has 1 aliphatic heterocycles. The molecule has 1 aromatic heterocycles. The third kappa shape index (κ3) is 3.15. The zero-order valence-corrected chi connectivity index (χ0v) is 20.7. The Kier molecular flexibility index (Phi) is 4.46. The lowest BCUT2D eigenvalue weighted by molar-refractivity contribution is 0.129. The first-order chi connectivity index (χ1) is 17.1. The fourth-order valence-electron chi connectivity index (χ4n) is 5.31. The molecule has 0 fully saturated rings. The van der Waals surface area contributed by atoms with Crippen molar-refractivity contribution in [3.63, 3.8) is 0 Å². The maximum atomic E-state index is 6.73. The molecule has 1 atom stereocenters. The van der Waals surface area contributed by atoms with E-state index in [-0.39, 0.29) is 0 Å². The topological polar surface area (TPSA) is 22.4 Å². The van der Waals surface area contributed by atoms with Crippen molar-refractivity contribution >= 4 is 37.9 Å². The summed E-state index contributed by atoms with van der Waals surface area (Å²) in [6, 6.07) is 38.1. The van der Waals surface area contributed by atoms with Gasteiger partial charge in [-0.2, -0.15) is 0 Å². The minimum atomic E-state index is -0.599. The molecule has 0 aliphatic carbocycles. The van der Waals surface area contributed by atoms with E-state index in [0.717, 1.165) is 54.4 Å². The normalized spacial score (nSPS) is 16.6. The second kappa shape index (κ2) is 7.59. The smallest absolute Gasteiger partial charge is 0.157 e. The van der Waals surface area contributed by atoms with E-state index in [1.807, 2.05) is 24.3 Å². The van der Waals surface area contributed by atoms with E-state index in [1.54, 1.807) is 0 Å². The number of rotatable bonds is 2. The summed E-state index contributed by atoms with van der Waals surface area (Å²) in [5.41, 5.74) is 8.13. The molecule has 0 saturated heterocycles. The highest BCUT2D eigenvalue weighted by atomic mass is 79.9. The van der Waals surface area contributed by atoms with Gasteiger partial charge in [-0.25, -0.2) is 0 Å². The summed E-state index contributed by atoms with van der Waals surface area (Å²) in [5, 5.41) is 2.23. The molecule has 168 valence electrons. The van der Waals surface area contributed by atoms with Gasteiger partial charge in [0.05, 0.1) is 0 Å². The van der Waals surface area contributed by atoms with Crippen molar-refractivity contribution < 1.29 is 9.15 Å². The highest BCUT2D eigenvalue weighted by Gasteiger charge is 2.38. The summed E-state index contributed by atoms with van der Waals surface area (Å²) in [6.07, 6.45) is 0. The van der Waals surface area contributed by atoms with Gasteiger partial charge in [0, 0.05) is 26.4 Å². The van der Waals surface area contributed by atoms with E-state index in [2.05, 4.69) is 108 Å². The van der Waals surface area contributed by atoms with E-state index in [1.165, 1.54) is 11.1 Å². The monoisotopic (exact) mass is 516 g/mol. The number of para-hydroxylation sites is 1. The Morgan fingerprint density at radius 1 is 0.629 bits per heavy atom. The summed E-state index contributed by atoms with van der Waals surface area (Å²) in [6.45, 7) is 2.17. The fraction of sp³-hybridized carbons (Fsp3) is 0.0625. The van der Waals surface area contributed by atoms with Crippen molar-refractivity contribution in [1.29, 1.82) is 0 Å². The molecular formula is C32H21BrO2. The molecule has 0 amide bonds. The van der Waals surface area contributed by atoms with Crippen LogP contribution in [0.4, 0.5) is 0 Å². The Balaban J connectivity index is 1.45. The highest BCUT2D eigenvalue weighted by Crippen LogP contribution is 2.49. The third-order valence-corrected chi connectivity index (χ3v) is 7.61. The summed E-state index contributed by atoms with van der Waals surface area (Å²) in [5.74, 6) is 0.913. The van der Waals surface area contributed by atoms with Crippen LogP contribution < -0.4 is 4.74 Å². The van der Waals surface area contributed by atoms with Crippen LogP contribution in [0, 0.1) is 0 Å². The highest BCUT2D eigenvalue weighted by molar-refractivity contribution is 9.10. The molecule has 0 saturated carbocycles. The summed E-state index contributed by atoms with van der Waals surface area (Å²) >= 11 is 3.60. The van der Waals surface area contributed by atoms with Gasteiger partial charge in [0.15, 0.2) is 5.60 Å². The SMILES string of the molecule is CC1(c2ccccc2)Oc2ccccc2-c2ccc(-c3ccc4oc5ccc(Br)cc5c4c3)cc21. The Bertz CT molecular complexity index is 1750. The standard InChI is InChI=1S/C32H21BrO2/c1-32(22-7-3-2-4-8-22)28-18-21(11-14-24(28)25-9-5-6-10-31(25)35-32)20-12-15-29-26(17-20)27-19-23(33)13-16-30(27)34-29/h2-19H,1H3. The predicted molar refractivity (Wildman–Crippen MR) is 146 cm³/mol. The molecule has 2 nitrogen and oxygen atoms in total. The number of benzene rings is 5. The van der Waals surface area contributed by atoms with Crippen molar-refractivity contribution in [2.45, 2.75) is 12.5 Å². The molecular weight excluding hydrogens is 496 g/mol. The Morgan fingerprint density at radius 3 is 2.17 bits per heavy atom. The lowest BCUT2D eigenvalue weighted by Crippen LogP contribution is -2.34. The molecule has 35 heavy (non-hydrogen) atoms. The maximum Gasteiger partial charge on any atom is 0.157 e. The van der Waals surface area contributed by atoms with Gasteiger partial charge >= 0.3 is 0 Å². The van der Waals surface area contributed by atoms with E-state index in [9.17, 15) is 0 Å². The summed E-state index contributed by atoms with van der Waals surface area (Å²) in [4.78, 5) is 0. The number of hydrogen-bond acceptors (Lipinski definition) is 2. The van der Waals surface area contributed by atoms with Crippen LogP contribution in [0.1, 0.15) is 18.1 Å². The molecule has 5 aromatic carbocycles. The number of furan rings is 1. The number of hydrogen-bond donors (Lipinski definition) is 0. The zero-order valence-electron chi connectivity index (χ0n) is 19.1. The first-order valence-electron chi connectivity index (χ1n) is 11.7. The lowest BCUT2D eigenvalue weighted by Gasteiger charge is -2.38. The zero-order chi connectivity index (χ0) is 23.6. The van der Waals surface area contributed by atoms with Crippen LogP contribution in [0.15, 0.2) is 118 Å². The average Bonchev–Trinajstić information content (AvgIpc) is 3.26. The first-order valence-corrected chi connectivity index (χ1v) is 12.5. The minimum Gasteiger partial charge on any atom is -0.477 e. The molecule has 0 bridgehead atoms.